The van der Waals surface area contributed by atoms with Gasteiger partial charge < -0.3 is 0 Å². The van der Waals surface area contributed by atoms with E-state index in [1.807, 2.05) is 31.2 Å². The number of anilines is 1. The summed E-state index contributed by atoms with van der Waals surface area (Å²) in [6, 6.07) is 12.6. The third-order valence-electron chi connectivity index (χ3n) is 3.31. The highest BCUT2D eigenvalue weighted by atomic mass is 79.9. The molecule has 0 unspecified atom stereocenters. The first-order valence-electron chi connectivity index (χ1n) is 6.94. The number of halogens is 3. The van der Waals surface area contributed by atoms with Gasteiger partial charge in [-0.3, -0.25) is 10.1 Å². The van der Waals surface area contributed by atoms with Gasteiger partial charge >= 0.3 is 0 Å². The Morgan fingerprint density at radius 3 is 2.54 bits per heavy atom. The minimum atomic E-state index is -0.312. The van der Waals surface area contributed by atoms with Crippen molar-refractivity contribution in [2.45, 2.75) is 6.92 Å². The van der Waals surface area contributed by atoms with Crippen molar-refractivity contribution in [2.24, 2.45) is 0 Å². The van der Waals surface area contributed by atoms with Crippen molar-refractivity contribution in [3.05, 3.63) is 67.4 Å². The number of amides is 1. The Labute approximate surface area is 161 Å². The van der Waals surface area contributed by atoms with Crippen molar-refractivity contribution in [1.82, 2.24) is 4.98 Å². The van der Waals surface area contributed by atoms with Crippen LogP contribution in [0.2, 0.25) is 10.0 Å². The molecule has 3 nitrogen and oxygen atoms in total. The van der Waals surface area contributed by atoms with Crippen LogP contribution in [-0.4, -0.2) is 10.9 Å². The van der Waals surface area contributed by atoms with E-state index in [0.29, 0.717) is 20.7 Å². The van der Waals surface area contributed by atoms with Crippen LogP contribution >= 0.6 is 50.5 Å². The zero-order chi connectivity index (χ0) is 17.3. The van der Waals surface area contributed by atoms with E-state index in [0.717, 1.165) is 20.6 Å². The quantitative estimate of drug-likeness (QED) is 0.508. The number of thiazole rings is 1. The molecule has 1 amide bonds. The van der Waals surface area contributed by atoms with Crippen molar-refractivity contribution in [3.8, 4) is 11.3 Å². The van der Waals surface area contributed by atoms with Gasteiger partial charge in [0.1, 0.15) is 0 Å². The molecule has 0 atom stereocenters. The normalized spacial score (nSPS) is 10.7. The average molecular weight is 442 g/mol. The van der Waals surface area contributed by atoms with Crippen molar-refractivity contribution >= 4 is 61.5 Å². The minimum absolute atomic E-state index is 0.307. The van der Waals surface area contributed by atoms with Crippen LogP contribution in [0.5, 0.6) is 0 Å². The molecule has 0 aliphatic rings. The molecule has 24 heavy (non-hydrogen) atoms. The van der Waals surface area contributed by atoms with Crippen LogP contribution in [0.3, 0.4) is 0 Å². The highest BCUT2D eigenvalue weighted by Gasteiger charge is 2.15. The van der Waals surface area contributed by atoms with E-state index in [4.69, 9.17) is 23.2 Å². The maximum Gasteiger partial charge on any atom is 0.258 e. The summed E-state index contributed by atoms with van der Waals surface area (Å²) in [6.45, 7) is 1.97. The summed E-state index contributed by atoms with van der Waals surface area (Å²) in [5, 5.41) is 4.11. The van der Waals surface area contributed by atoms with E-state index < -0.39 is 0 Å². The molecule has 3 rings (SSSR count). The Bertz CT molecular complexity index is 909. The topological polar surface area (TPSA) is 42.0 Å². The largest absolute Gasteiger partial charge is 0.298 e. The lowest BCUT2D eigenvalue weighted by Gasteiger charge is -2.04. The summed E-state index contributed by atoms with van der Waals surface area (Å²) in [4.78, 5) is 17.9. The SMILES string of the molecule is Cc1sc(NC(=O)c2ccc(Cl)cc2Cl)nc1-c1ccc(Br)cc1. The van der Waals surface area contributed by atoms with E-state index in [-0.39, 0.29) is 5.91 Å². The van der Waals surface area contributed by atoms with Gasteiger partial charge in [0.2, 0.25) is 0 Å². The van der Waals surface area contributed by atoms with Gasteiger partial charge in [-0.2, -0.15) is 0 Å². The fourth-order valence-electron chi connectivity index (χ4n) is 2.16. The number of aryl methyl sites for hydroxylation is 1. The number of nitrogens with one attached hydrogen (secondary N) is 1. The molecular weight excluding hydrogens is 431 g/mol. The third-order valence-corrected chi connectivity index (χ3v) is 5.27. The Kier molecular flexibility index (Phi) is 5.25. The number of carbonyl (C=O) groups is 1. The Morgan fingerprint density at radius 1 is 1.17 bits per heavy atom. The molecule has 1 aromatic heterocycles. The Morgan fingerprint density at radius 2 is 1.88 bits per heavy atom. The number of aromatic nitrogens is 1. The molecule has 0 aliphatic carbocycles. The highest BCUT2D eigenvalue weighted by molar-refractivity contribution is 9.10. The molecule has 0 saturated heterocycles. The lowest BCUT2D eigenvalue weighted by atomic mass is 10.1. The van der Waals surface area contributed by atoms with Crippen molar-refractivity contribution < 1.29 is 4.79 Å². The molecule has 7 heteroatoms. The van der Waals surface area contributed by atoms with Crippen molar-refractivity contribution in [1.29, 1.82) is 0 Å². The first-order chi connectivity index (χ1) is 11.4. The number of hydrogen-bond acceptors (Lipinski definition) is 3. The Hall–Kier alpha value is -1.40. The number of rotatable bonds is 3. The average Bonchev–Trinajstić information content (AvgIpc) is 2.88. The summed E-state index contributed by atoms with van der Waals surface area (Å²) >= 11 is 16.8. The van der Waals surface area contributed by atoms with E-state index in [1.54, 1.807) is 18.2 Å². The summed E-state index contributed by atoms with van der Waals surface area (Å²) in [7, 11) is 0. The molecule has 0 saturated carbocycles. The lowest BCUT2D eigenvalue weighted by Crippen LogP contribution is -2.12. The summed E-state index contributed by atoms with van der Waals surface area (Å²) < 4.78 is 1.00. The van der Waals surface area contributed by atoms with Gasteiger partial charge in [-0.1, -0.05) is 51.3 Å². The second-order valence-electron chi connectivity index (χ2n) is 5.01. The van der Waals surface area contributed by atoms with Gasteiger partial charge in [-0.05, 0) is 37.3 Å². The lowest BCUT2D eigenvalue weighted by molar-refractivity contribution is 0.102. The molecule has 0 aliphatic heterocycles. The second-order valence-corrected chi connectivity index (χ2v) is 7.97. The first kappa shape index (κ1) is 17.4. The van der Waals surface area contributed by atoms with Crippen LogP contribution in [-0.2, 0) is 0 Å². The molecule has 0 radical (unpaired) electrons. The van der Waals surface area contributed by atoms with Crippen LogP contribution < -0.4 is 5.32 Å². The number of hydrogen-bond donors (Lipinski definition) is 1. The molecular formula is C17H11BrCl2N2OS. The monoisotopic (exact) mass is 440 g/mol. The zero-order valence-corrected chi connectivity index (χ0v) is 16.4. The second kappa shape index (κ2) is 7.23. The molecule has 3 aromatic rings. The van der Waals surface area contributed by atoms with Gasteiger partial charge in [-0.15, -0.1) is 11.3 Å². The summed E-state index contributed by atoms with van der Waals surface area (Å²) in [5.74, 6) is -0.312. The predicted octanol–water partition coefficient (Wildman–Crippen LogP) is 6.44. The van der Waals surface area contributed by atoms with Crippen LogP contribution in [0.1, 0.15) is 15.2 Å². The maximum atomic E-state index is 12.4. The zero-order valence-electron chi connectivity index (χ0n) is 12.4. The molecule has 122 valence electrons. The Balaban J connectivity index is 1.85. The molecule has 2 aromatic carbocycles. The van der Waals surface area contributed by atoms with Crippen LogP contribution in [0.15, 0.2) is 46.9 Å². The van der Waals surface area contributed by atoms with Crippen LogP contribution in [0.25, 0.3) is 11.3 Å². The predicted molar refractivity (Wildman–Crippen MR) is 104 cm³/mol. The molecule has 1 heterocycles. The van der Waals surface area contributed by atoms with Crippen molar-refractivity contribution in [2.75, 3.05) is 5.32 Å². The molecule has 0 spiro atoms. The first-order valence-corrected chi connectivity index (χ1v) is 9.30. The van der Waals surface area contributed by atoms with Gasteiger partial charge in [-0.25, -0.2) is 4.98 Å². The highest BCUT2D eigenvalue weighted by Crippen LogP contribution is 2.31. The van der Waals surface area contributed by atoms with Gasteiger partial charge in [0, 0.05) is 19.9 Å². The minimum Gasteiger partial charge on any atom is -0.298 e. The molecule has 0 bridgehead atoms. The van der Waals surface area contributed by atoms with E-state index in [1.165, 1.54) is 11.3 Å². The maximum absolute atomic E-state index is 12.4. The fraction of sp³-hybridized carbons (Fsp3) is 0.0588. The number of nitrogens with zero attached hydrogens (tertiary/aromatic N) is 1. The van der Waals surface area contributed by atoms with Gasteiger partial charge in [0.05, 0.1) is 16.3 Å². The molecule has 1 N–H and O–H groups in total. The van der Waals surface area contributed by atoms with Crippen LogP contribution in [0.4, 0.5) is 5.13 Å². The number of benzene rings is 2. The van der Waals surface area contributed by atoms with E-state index >= 15 is 0 Å². The summed E-state index contributed by atoms with van der Waals surface area (Å²) in [5.41, 5.74) is 2.21. The number of carbonyl (C=O) groups excluding carboxylic acids is 1. The van der Waals surface area contributed by atoms with Crippen molar-refractivity contribution in [3.63, 3.8) is 0 Å². The standard InChI is InChI=1S/C17H11BrCl2N2OS/c1-9-15(10-2-4-11(18)5-3-10)21-17(24-9)22-16(23)13-7-6-12(19)8-14(13)20/h2-8H,1H3,(H,21,22,23). The van der Waals surface area contributed by atoms with Gasteiger partial charge in [0.15, 0.2) is 5.13 Å². The van der Waals surface area contributed by atoms with E-state index in [2.05, 4.69) is 26.2 Å². The van der Waals surface area contributed by atoms with Crippen LogP contribution in [0, 0.1) is 6.92 Å². The van der Waals surface area contributed by atoms with Gasteiger partial charge in [0.25, 0.3) is 5.91 Å². The molecule has 0 fully saturated rings. The third kappa shape index (κ3) is 3.81. The fourth-order valence-corrected chi connectivity index (χ4v) is 3.75. The van der Waals surface area contributed by atoms with E-state index in [9.17, 15) is 4.79 Å². The smallest absolute Gasteiger partial charge is 0.258 e. The summed E-state index contributed by atoms with van der Waals surface area (Å²) in [6.07, 6.45) is 0.